The van der Waals surface area contributed by atoms with Crippen LogP contribution in [-0.2, 0) is 14.4 Å². The van der Waals surface area contributed by atoms with Crippen molar-refractivity contribution in [3.8, 4) is 0 Å². The fourth-order valence-corrected chi connectivity index (χ4v) is 2.14. The quantitative estimate of drug-likeness (QED) is 0.887. The lowest BCUT2D eigenvalue weighted by Gasteiger charge is -2.20. The highest BCUT2D eigenvalue weighted by Gasteiger charge is 2.42. The number of rotatable bonds is 5. The van der Waals surface area contributed by atoms with Gasteiger partial charge >= 0.3 is 0 Å². The molecule has 0 spiro atoms. The van der Waals surface area contributed by atoms with Crippen LogP contribution >= 0.6 is 0 Å². The fraction of sp³-hybridized carbons (Fsp3) is 0.438. The topological polar surface area (TPSA) is 71.0 Å². The van der Waals surface area contributed by atoms with Gasteiger partial charge in [-0.15, -0.1) is 0 Å². The van der Waals surface area contributed by atoms with Gasteiger partial charge in [-0.1, -0.05) is 35.5 Å². The molecule has 1 heterocycles. The number of hydrogen-bond acceptors (Lipinski definition) is 4. The van der Waals surface area contributed by atoms with Crippen molar-refractivity contribution in [3.63, 3.8) is 0 Å². The summed E-state index contributed by atoms with van der Waals surface area (Å²) in [5.41, 5.74) is 0.677. The summed E-state index contributed by atoms with van der Waals surface area (Å²) in [6.45, 7) is 1.99. The zero-order chi connectivity index (χ0) is 16.2. The monoisotopic (exact) mass is 303 g/mol. The summed E-state index contributed by atoms with van der Waals surface area (Å²) in [7, 11) is 3.37. The number of hydrogen-bond donors (Lipinski definition) is 1. The van der Waals surface area contributed by atoms with E-state index in [4.69, 9.17) is 4.84 Å². The minimum absolute atomic E-state index is 0.0287. The Hall–Kier alpha value is -2.37. The Kier molecular flexibility index (Phi) is 4.80. The summed E-state index contributed by atoms with van der Waals surface area (Å²) in [5.74, 6) is -0.284. The molecule has 1 atom stereocenters. The number of amides is 2. The van der Waals surface area contributed by atoms with E-state index in [1.165, 1.54) is 4.90 Å². The molecule has 22 heavy (non-hydrogen) atoms. The van der Waals surface area contributed by atoms with Crippen molar-refractivity contribution >= 4 is 17.5 Å². The molecule has 0 aromatic heterocycles. The molecule has 0 bridgehead atoms. The van der Waals surface area contributed by atoms with Gasteiger partial charge in [0.15, 0.2) is 0 Å². The van der Waals surface area contributed by atoms with Gasteiger partial charge < -0.3 is 15.1 Å². The van der Waals surface area contributed by atoms with E-state index in [2.05, 4.69) is 10.5 Å². The molecule has 1 aliphatic rings. The van der Waals surface area contributed by atoms with Crippen LogP contribution in [0.3, 0.4) is 0 Å². The Bertz CT molecular complexity index is 584. The standard InChI is InChI=1S/C16H21N3O3/c1-16(15(21)17-10-9-14(20)19(2)3)11-13(18-22-16)12-7-5-4-6-8-12/h4-8H,9-11H2,1-3H3,(H,17,21)/t16-/m0/s1. The lowest BCUT2D eigenvalue weighted by Crippen LogP contribution is -2.45. The molecule has 2 amide bonds. The third-order valence-corrected chi connectivity index (χ3v) is 3.57. The number of carbonyl (C=O) groups is 2. The second-order valence-electron chi connectivity index (χ2n) is 5.70. The van der Waals surface area contributed by atoms with Crippen LogP contribution in [0.25, 0.3) is 0 Å². The number of nitrogens with one attached hydrogen (secondary N) is 1. The largest absolute Gasteiger partial charge is 0.379 e. The van der Waals surface area contributed by atoms with Crippen LogP contribution in [0.4, 0.5) is 0 Å². The predicted octanol–water partition coefficient (Wildman–Crippen LogP) is 1.16. The molecule has 1 aromatic rings. The Balaban J connectivity index is 1.88. The van der Waals surface area contributed by atoms with Crippen molar-refractivity contribution in [2.75, 3.05) is 20.6 Å². The Morgan fingerprint density at radius 1 is 1.32 bits per heavy atom. The molecular weight excluding hydrogens is 282 g/mol. The van der Waals surface area contributed by atoms with Crippen molar-refractivity contribution < 1.29 is 14.4 Å². The molecule has 118 valence electrons. The first-order valence-corrected chi connectivity index (χ1v) is 7.21. The average Bonchev–Trinajstić information content (AvgIpc) is 2.91. The van der Waals surface area contributed by atoms with E-state index in [1.807, 2.05) is 30.3 Å². The van der Waals surface area contributed by atoms with Crippen molar-refractivity contribution in [1.82, 2.24) is 10.2 Å². The zero-order valence-electron chi connectivity index (χ0n) is 13.1. The molecule has 0 saturated carbocycles. The summed E-state index contributed by atoms with van der Waals surface area (Å²) >= 11 is 0. The normalized spacial score (nSPS) is 20.0. The van der Waals surface area contributed by atoms with Gasteiger partial charge in [0.05, 0.1) is 5.71 Å². The minimum atomic E-state index is -1.02. The molecule has 0 unspecified atom stereocenters. The first-order chi connectivity index (χ1) is 10.4. The highest BCUT2D eigenvalue weighted by atomic mass is 16.7. The molecule has 6 heteroatoms. The highest BCUT2D eigenvalue weighted by Crippen LogP contribution is 2.26. The molecule has 0 saturated heterocycles. The maximum Gasteiger partial charge on any atom is 0.267 e. The number of benzene rings is 1. The third kappa shape index (κ3) is 3.63. The summed E-state index contributed by atoms with van der Waals surface area (Å²) in [4.78, 5) is 30.6. The number of nitrogens with zero attached hydrogens (tertiary/aromatic N) is 2. The van der Waals surface area contributed by atoms with E-state index in [9.17, 15) is 9.59 Å². The van der Waals surface area contributed by atoms with Crippen molar-refractivity contribution in [2.45, 2.75) is 25.4 Å². The summed E-state index contributed by atoms with van der Waals surface area (Å²) in [6, 6.07) is 9.62. The molecule has 0 fully saturated rings. The Morgan fingerprint density at radius 2 is 2.00 bits per heavy atom. The van der Waals surface area contributed by atoms with E-state index in [-0.39, 0.29) is 24.8 Å². The molecule has 2 rings (SSSR count). The second-order valence-corrected chi connectivity index (χ2v) is 5.70. The van der Waals surface area contributed by atoms with Crippen LogP contribution in [0.15, 0.2) is 35.5 Å². The van der Waals surface area contributed by atoms with Gasteiger partial charge in [-0.3, -0.25) is 9.59 Å². The van der Waals surface area contributed by atoms with E-state index in [0.29, 0.717) is 6.42 Å². The summed E-state index contributed by atoms with van der Waals surface area (Å²) < 4.78 is 0. The molecular formula is C16H21N3O3. The van der Waals surface area contributed by atoms with Crippen LogP contribution in [-0.4, -0.2) is 48.7 Å². The van der Waals surface area contributed by atoms with E-state index in [0.717, 1.165) is 11.3 Å². The van der Waals surface area contributed by atoms with Gasteiger partial charge in [0.2, 0.25) is 11.5 Å². The lowest BCUT2D eigenvalue weighted by molar-refractivity contribution is -0.141. The Morgan fingerprint density at radius 3 is 2.64 bits per heavy atom. The predicted molar refractivity (Wildman–Crippen MR) is 83.4 cm³/mol. The van der Waals surface area contributed by atoms with E-state index >= 15 is 0 Å². The average molecular weight is 303 g/mol. The van der Waals surface area contributed by atoms with Crippen LogP contribution in [0.1, 0.15) is 25.3 Å². The second kappa shape index (κ2) is 6.60. The molecule has 1 aliphatic heterocycles. The van der Waals surface area contributed by atoms with Gasteiger partial charge in [0.1, 0.15) is 0 Å². The van der Waals surface area contributed by atoms with Crippen LogP contribution in [0.2, 0.25) is 0 Å². The van der Waals surface area contributed by atoms with Gasteiger partial charge in [0, 0.05) is 33.5 Å². The Labute approximate surface area is 130 Å². The summed E-state index contributed by atoms with van der Waals surface area (Å²) in [5, 5.41) is 6.77. The smallest absolute Gasteiger partial charge is 0.267 e. The maximum atomic E-state index is 12.3. The zero-order valence-corrected chi connectivity index (χ0v) is 13.1. The van der Waals surface area contributed by atoms with Crippen LogP contribution in [0, 0.1) is 0 Å². The molecule has 0 radical (unpaired) electrons. The maximum absolute atomic E-state index is 12.3. The fourth-order valence-electron chi connectivity index (χ4n) is 2.14. The minimum Gasteiger partial charge on any atom is -0.379 e. The van der Waals surface area contributed by atoms with E-state index in [1.54, 1.807) is 21.0 Å². The molecule has 1 N–H and O–H groups in total. The van der Waals surface area contributed by atoms with E-state index < -0.39 is 5.60 Å². The first kappa shape index (κ1) is 16.0. The van der Waals surface area contributed by atoms with Gasteiger partial charge in [0.25, 0.3) is 5.91 Å². The third-order valence-electron chi connectivity index (χ3n) is 3.57. The van der Waals surface area contributed by atoms with Crippen molar-refractivity contribution in [3.05, 3.63) is 35.9 Å². The molecule has 6 nitrogen and oxygen atoms in total. The molecule has 1 aromatic carbocycles. The van der Waals surface area contributed by atoms with Crippen LogP contribution < -0.4 is 5.32 Å². The first-order valence-electron chi connectivity index (χ1n) is 7.21. The summed E-state index contributed by atoms with van der Waals surface area (Å²) in [6.07, 6.45) is 0.672. The lowest BCUT2D eigenvalue weighted by atomic mass is 9.95. The van der Waals surface area contributed by atoms with Gasteiger partial charge in [-0.25, -0.2) is 0 Å². The van der Waals surface area contributed by atoms with Gasteiger partial charge in [-0.05, 0) is 12.5 Å². The highest BCUT2D eigenvalue weighted by molar-refractivity contribution is 6.05. The van der Waals surface area contributed by atoms with Crippen molar-refractivity contribution in [2.24, 2.45) is 5.16 Å². The number of oxime groups is 1. The SMILES string of the molecule is CN(C)C(=O)CCNC(=O)[C@]1(C)CC(c2ccccc2)=NO1. The van der Waals surface area contributed by atoms with Gasteiger partial charge in [-0.2, -0.15) is 0 Å². The molecule has 0 aliphatic carbocycles. The number of carbonyl (C=O) groups excluding carboxylic acids is 2. The van der Waals surface area contributed by atoms with Crippen LogP contribution in [0.5, 0.6) is 0 Å². The van der Waals surface area contributed by atoms with Crippen molar-refractivity contribution in [1.29, 1.82) is 0 Å².